The number of furan rings is 1. The minimum Gasteiger partial charge on any atom is -0.507 e. The van der Waals surface area contributed by atoms with Crippen LogP contribution in [0.3, 0.4) is 0 Å². The molecule has 3 nitrogen and oxygen atoms in total. The van der Waals surface area contributed by atoms with Crippen molar-refractivity contribution in [1.82, 2.24) is 0 Å². The lowest BCUT2D eigenvalue weighted by molar-refractivity contribution is 0.405. The van der Waals surface area contributed by atoms with Gasteiger partial charge in [-0.1, -0.05) is 32.0 Å². The van der Waals surface area contributed by atoms with Crippen LogP contribution in [0.1, 0.15) is 25.3 Å². The second kappa shape index (κ2) is 4.81. The van der Waals surface area contributed by atoms with E-state index in [9.17, 15) is 14.6 Å². The third kappa shape index (κ3) is 2.13. The van der Waals surface area contributed by atoms with Crippen LogP contribution in [0.2, 0.25) is 0 Å². The van der Waals surface area contributed by atoms with Crippen LogP contribution >= 0.6 is 0 Å². The summed E-state index contributed by atoms with van der Waals surface area (Å²) < 4.78 is 20.0. The van der Waals surface area contributed by atoms with Crippen LogP contribution in [0, 0.1) is 5.82 Å². The van der Waals surface area contributed by atoms with E-state index < -0.39 is 11.6 Å². The number of benzene rings is 2. The molecule has 0 aliphatic rings. The monoisotopic (exact) mass is 286 g/mol. The number of rotatable bonds is 2. The number of hydrogen-bond acceptors (Lipinski definition) is 3. The second-order valence-electron chi connectivity index (χ2n) is 5.32. The molecule has 0 bridgehead atoms. The smallest absolute Gasteiger partial charge is 0.176 e. The average molecular weight is 286 g/mol. The van der Waals surface area contributed by atoms with Gasteiger partial charge in [-0.2, -0.15) is 0 Å². The van der Waals surface area contributed by atoms with Crippen LogP contribution in [-0.2, 0) is 0 Å². The fourth-order valence-corrected chi connectivity index (χ4v) is 2.51. The highest BCUT2D eigenvalue weighted by atomic mass is 19.1. The van der Waals surface area contributed by atoms with Crippen LogP contribution < -0.4 is 0 Å². The zero-order chi connectivity index (χ0) is 15.1. The van der Waals surface area contributed by atoms with Crippen molar-refractivity contribution in [3.05, 3.63) is 47.8 Å². The number of hydrogen-bond donors (Lipinski definition) is 2. The molecule has 0 saturated heterocycles. The molecule has 0 unspecified atom stereocenters. The summed E-state index contributed by atoms with van der Waals surface area (Å²) in [5, 5.41) is 20.9. The molecule has 2 aromatic carbocycles. The largest absolute Gasteiger partial charge is 0.507 e. The molecule has 3 rings (SSSR count). The Morgan fingerprint density at radius 2 is 1.81 bits per heavy atom. The lowest BCUT2D eigenvalue weighted by Crippen LogP contribution is -1.94. The van der Waals surface area contributed by atoms with Gasteiger partial charge in [0.2, 0.25) is 0 Å². The fourth-order valence-electron chi connectivity index (χ4n) is 2.51. The summed E-state index contributed by atoms with van der Waals surface area (Å²) in [4.78, 5) is 0. The van der Waals surface area contributed by atoms with Crippen LogP contribution in [0.15, 0.2) is 40.8 Å². The van der Waals surface area contributed by atoms with E-state index in [0.717, 1.165) is 5.39 Å². The van der Waals surface area contributed by atoms with Crippen molar-refractivity contribution in [2.75, 3.05) is 0 Å². The van der Waals surface area contributed by atoms with Crippen molar-refractivity contribution in [1.29, 1.82) is 0 Å². The van der Waals surface area contributed by atoms with Crippen molar-refractivity contribution in [2.45, 2.75) is 19.8 Å². The van der Waals surface area contributed by atoms with Gasteiger partial charge in [0, 0.05) is 10.9 Å². The Kier molecular flexibility index (Phi) is 3.09. The summed E-state index contributed by atoms with van der Waals surface area (Å²) in [6.45, 7) is 3.55. The van der Waals surface area contributed by atoms with E-state index >= 15 is 0 Å². The molecule has 0 aliphatic heterocycles. The molecular weight excluding hydrogens is 271 g/mol. The van der Waals surface area contributed by atoms with Crippen LogP contribution in [0.5, 0.6) is 11.5 Å². The molecule has 108 valence electrons. The summed E-state index contributed by atoms with van der Waals surface area (Å²) in [6, 6.07) is 10.3. The van der Waals surface area contributed by atoms with Gasteiger partial charge in [-0.25, -0.2) is 4.39 Å². The molecule has 3 aromatic rings. The zero-order valence-electron chi connectivity index (χ0n) is 11.7. The van der Waals surface area contributed by atoms with Gasteiger partial charge in [-0.05, 0) is 24.1 Å². The predicted octanol–water partition coefficient (Wildman–Crippen LogP) is 4.77. The third-order valence-corrected chi connectivity index (χ3v) is 3.52. The maximum Gasteiger partial charge on any atom is 0.176 e. The van der Waals surface area contributed by atoms with Gasteiger partial charge >= 0.3 is 0 Å². The first kappa shape index (κ1) is 13.5. The standard InChI is InChI=1S/C17H15FO3/c1-9(2)15-12(19)8-11(16(18)17(15)20)14-7-10-5-3-4-6-13(10)21-14/h3-9,19-20H,1-2H3. The normalized spacial score (nSPS) is 11.4. The quantitative estimate of drug-likeness (QED) is 0.713. The molecule has 1 aromatic heterocycles. The molecule has 0 radical (unpaired) electrons. The Balaban J connectivity index is 2.23. The molecule has 0 atom stereocenters. The molecule has 0 aliphatic carbocycles. The fraction of sp³-hybridized carbons (Fsp3) is 0.176. The zero-order valence-corrected chi connectivity index (χ0v) is 11.7. The SMILES string of the molecule is CC(C)c1c(O)cc(-c2cc3ccccc3o2)c(F)c1O. The van der Waals surface area contributed by atoms with Crippen molar-refractivity contribution >= 4 is 11.0 Å². The van der Waals surface area contributed by atoms with Gasteiger partial charge in [-0.15, -0.1) is 0 Å². The topological polar surface area (TPSA) is 53.6 Å². The van der Waals surface area contributed by atoms with Crippen LogP contribution in [0.25, 0.3) is 22.3 Å². The van der Waals surface area contributed by atoms with E-state index in [1.807, 2.05) is 18.2 Å². The number of halogens is 1. The molecule has 4 heteroatoms. The molecule has 0 fully saturated rings. The Labute approximate surface area is 121 Å². The first-order valence-electron chi connectivity index (χ1n) is 6.72. The van der Waals surface area contributed by atoms with Gasteiger partial charge in [0.1, 0.15) is 17.1 Å². The van der Waals surface area contributed by atoms with E-state index in [1.165, 1.54) is 6.07 Å². The maximum atomic E-state index is 14.4. The molecule has 0 saturated carbocycles. The van der Waals surface area contributed by atoms with Crippen LogP contribution in [0.4, 0.5) is 4.39 Å². The van der Waals surface area contributed by atoms with Gasteiger partial charge in [0.25, 0.3) is 0 Å². The highest BCUT2D eigenvalue weighted by Gasteiger charge is 2.22. The Bertz CT molecular complexity index is 785. The molecule has 21 heavy (non-hydrogen) atoms. The number of fused-ring (bicyclic) bond motifs is 1. The third-order valence-electron chi connectivity index (χ3n) is 3.52. The number of phenols is 2. The second-order valence-corrected chi connectivity index (χ2v) is 5.32. The lowest BCUT2D eigenvalue weighted by Gasteiger charge is -2.13. The predicted molar refractivity (Wildman–Crippen MR) is 79.0 cm³/mol. The van der Waals surface area contributed by atoms with Gasteiger partial charge in [0.15, 0.2) is 11.6 Å². The molecule has 0 amide bonds. The minimum atomic E-state index is -0.782. The maximum absolute atomic E-state index is 14.4. The summed E-state index contributed by atoms with van der Waals surface area (Å²) >= 11 is 0. The summed E-state index contributed by atoms with van der Waals surface area (Å²) in [5.74, 6) is -1.37. The Hall–Kier alpha value is -2.49. The Morgan fingerprint density at radius 3 is 2.48 bits per heavy atom. The Morgan fingerprint density at radius 1 is 1.10 bits per heavy atom. The number of para-hydroxylation sites is 1. The lowest BCUT2D eigenvalue weighted by atomic mass is 9.97. The first-order valence-corrected chi connectivity index (χ1v) is 6.72. The first-order chi connectivity index (χ1) is 9.99. The van der Waals surface area contributed by atoms with E-state index in [0.29, 0.717) is 5.58 Å². The molecule has 0 spiro atoms. The highest BCUT2D eigenvalue weighted by molar-refractivity contribution is 5.83. The van der Waals surface area contributed by atoms with Gasteiger partial charge in [-0.3, -0.25) is 0 Å². The summed E-state index contributed by atoms with van der Waals surface area (Å²) in [5.41, 5.74) is 0.872. The molecule has 1 heterocycles. The van der Waals surface area contributed by atoms with Crippen molar-refractivity contribution in [3.63, 3.8) is 0 Å². The van der Waals surface area contributed by atoms with E-state index in [2.05, 4.69) is 0 Å². The van der Waals surface area contributed by atoms with Crippen molar-refractivity contribution in [2.24, 2.45) is 0 Å². The summed E-state index contributed by atoms with van der Waals surface area (Å²) in [7, 11) is 0. The van der Waals surface area contributed by atoms with Gasteiger partial charge in [0.05, 0.1) is 5.56 Å². The minimum absolute atomic E-state index is 0.0469. The van der Waals surface area contributed by atoms with Crippen molar-refractivity contribution in [3.8, 4) is 22.8 Å². The highest BCUT2D eigenvalue weighted by Crippen LogP contribution is 2.42. The van der Waals surface area contributed by atoms with E-state index in [1.54, 1.807) is 26.0 Å². The van der Waals surface area contributed by atoms with E-state index in [-0.39, 0.29) is 28.6 Å². The summed E-state index contributed by atoms with van der Waals surface area (Å²) in [6.07, 6.45) is 0. The van der Waals surface area contributed by atoms with Gasteiger partial charge < -0.3 is 14.6 Å². The number of aromatic hydroxyl groups is 2. The van der Waals surface area contributed by atoms with Crippen molar-refractivity contribution < 1.29 is 19.0 Å². The average Bonchev–Trinajstić information content (AvgIpc) is 2.86. The van der Waals surface area contributed by atoms with E-state index in [4.69, 9.17) is 4.42 Å². The molecular formula is C17H15FO3. The number of phenolic OH excluding ortho intramolecular Hbond substituents is 2. The molecule has 2 N–H and O–H groups in total. The van der Waals surface area contributed by atoms with Crippen LogP contribution in [-0.4, -0.2) is 10.2 Å².